The Morgan fingerprint density at radius 3 is 2.42 bits per heavy atom. The van der Waals surface area contributed by atoms with Crippen molar-refractivity contribution in [1.29, 1.82) is 0 Å². The van der Waals surface area contributed by atoms with E-state index in [4.69, 9.17) is 0 Å². The Morgan fingerprint density at radius 1 is 1.50 bits per heavy atom. The van der Waals surface area contributed by atoms with E-state index in [1.807, 2.05) is 6.92 Å². The molecular weight excluding hydrogens is 200 g/mol. The summed E-state index contributed by atoms with van der Waals surface area (Å²) in [5, 5.41) is 3.00. The van der Waals surface area contributed by atoms with Gasteiger partial charge in [0.05, 0.1) is 5.75 Å². The topological polar surface area (TPSA) is 58.2 Å². The fourth-order valence-electron chi connectivity index (χ4n) is 0.954. The van der Waals surface area contributed by atoms with Gasteiger partial charge in [0.25, 0.3) is 0 Å². The largest absolute Gasteiger partial charge is 0.313 e. The lowest BCUT2D eigenvalue weighted by molar-refractivity contribution is 0.410. The maximum Gasteiger partial charge on any atom is 0.211 e. The highest BCUT2D eigenvalue weighted by Gasteiger charge is 2.21. The molecule has 0 aromatic rings. The monoisotopic (exact) mass is 214 g/mol. The molecule has 0 radical (unpaired) electrons. The van der Waals surface area contributed by atoms with Gasteiger partial charge in [-0.05, 0) is 6.42 Å². The molecule has 0 unspecified atom stereocenters. The molecular formula is C6H15ClN2O2S. The van der Waals surface area contributed by atoms with E-state index in [2.05, 4.69) is 10.0 Å². The number of rotatable bonds is 4. The average molecular weight is 215 g/mol. The summed E-state index contributed by atoms with van der Waals surface area (Å²) >= 11 is 0. The maximum absolute atomic E-state index is 11.1. The molecule has 1 fully saturated rings. The molecule has 1 aliphatic rings. The highest BCUT2D eigenvalue weighted by molar-refractivity contribution is 7.89. The van der Waals surface area contributed by atoms with Gasteiger partial charge in [-0.2, -0.15) is 0 Å². The molecule has 1 saturated heterocycles. The molecule has 74 valence electrons. The number of hydrogen-bond donors (Lipinski definition) is 2. The smallest absolute Gasteiger partial charge is 0.211 e. The summed E-state index contributed by atoms with van der Waals surface area (Å²) in [6, 6.07) is 0.131. The second kappa shape index (κ2) is 5.01. The molecule has 0 aliphatic carbocycles. The van der Waals surface area contributed by atoms with Gasteiger partial charge < -0.3 is 5.32 Å². The molecule has 1 rings (SSSR count). The van der Waals surface area contributed by atoms with Crippen LogP contribution >= 0.6 is 12.4 Å². The Kier molecular flexibility index (Phi) is 5.08. The first-order valence-electron chi connectivity index (χ1n) is 3.85. The first-order chi connectivity index (χ1) is 5.14. The molecule has 0 spiro atoms. The van der Waals surface area contributed by atoms with Gasteiger partial charge in [0.2, 0.25) is 10.0 Å². The second-order valence-corrected chi connectivity index (χ2v) is 4.67. The third-order valence-corrected chi connectivity index (χ3v) is 3.24. The van der Waals surface area contributed by atoms with Crippen molar-refractivity contribution in [2.75, 3.05) is 18.8 Å². The van der Waals surface area contributed by atoms with Crippen molar-refractivity contribution >= 4 is 22.4 Å². The lowest BCUT2D eigenvalue weighted by Gasteiger charge is -2.27. The predicted molar refractivity (Wildman–Crippen MR) is 51.1 cm³/mol. The van der Waals surface area contributed by atoms with Crippen molar-refractivity contribution < 1.29 is 8.42 Å². The summed E-state index contributed by atoms with van der Waals surface area (Å²) < 4.78 is 24.8. The van der Waals surface area contributed by atoms with Gasteiger partial charge >= 0.3 is 0 Å². The third kappa shape index (κ3) is 3.71. The minimum absolute atomic E-state index is 0. The van der Waals surface area contributed by atoms with Crippen LogP contribution in [0.25, 0.3) is 0 Å². The SMILES string of the molecule is CCCS(=O)(=O)NC1CNC1.Cl. The van der Waals surface area contributed by atoms with Gasteiger partial charge in [0, 0.05) is 19.1 Å². The second-order valence-electron chi connectivity index (χ2n) is 2.79. The molecule has 0 aromatic heterocycles. The Morgan fingerprint density at radius 2 is 2.08 bits per heavy atom. The zero-order valence-electron chi connectivity index (χ0n) is 7.04. The van der Waals surface area contributed by atoms with E-state index in [0.29, 0.717) is 6.42 Å². The van der Waals surface area contributed by atoms with Crippen molar-refractivity contribution in [3.05, 3.63) is 0 Å². The predicted octanol–water partition coefficient (Wildman–Crippen LogP) is -0.291. The number of sulfonamides is 1. The van der Waals surface area contributed by atoms with Crippen LogP contribution in [0.1, 0.15) is 13.3 Å². The molecule has 6 heteroatoms. The van der Waals surface area contributed by atoms with E-state index in [1.54, 1.807) is 0 Å². The van der Waals surface area contributed by atoms with Crippen LogP contribution in [-0.2, 0) is 10.0 Å². The van der Waals surface area contributed by atoms with E-state index in [-0.39, 0.29) is 24.2 Å². The van der Waals surface area contributed by atoms with E-state index < -0.39 is 10.0 Å². The van der Waals surface area contributed by atoms with Crippen LogP contribution < -0.4 is 10.0 Å². The average Bonchev–Trinajstić information content (AvgIpc) is 1.79. The van der Waals surface area contributed by atoms with Crippen LogP contribution in [0.2, 0.25) is 0 Å². The number of nitrogens with one attached hydrogen (secondary N) is 2. The van der Waals surface area contributed by atoms with Crippen molar-refractivity contribution in [2.45, 2.75) is 19.4 Å². The summed E-state index contributed by atoms with van der Waals surface area (Å²) in [5.41, 5.74) is 0. The van der Waals surface area contributed by atoms with E-state index in [9.17, 15) is 8.42 Å². The van der Waals surface area contributed by atoms with Crippen LogP contribution in [0.5, 0.6) is 0 Å². The van der Waals surface area contributed by atoms with Crippen molar-refractivity contribution in [2.24, 2.45) is 0 Å². The van der Waals surface area contributed by atoms with Crippen molar-refractivity contribution in [1.82, 2.24) is 10.0 Å². The lowest BCUT2D eigenvalue weighted by Crippen LogP contribution is -2.57. The van der Waals surface area contributed by atoms with Crippen LogP contribution in [0, 0.1) is 0 Å². The summed E-state index contributed by atoms with van der Waals surface area (Å²) in [4.78, 5) is 0. The summed E-state index contributed by atoms with van der Waals surface area (Å²) in [6.07, 6.45) is 0.676. The molecule has 0 bridgehead atoms. The molecule has 0 amide bonds. The minimum atomic E-state index is -2.98. The highest BCUT2D eigenvalue weighted by Crippen LogP contribution is 1.96. The van der Waals surface area contributed by atoms with Gasteiger partial charge in [0.15, 0.2) is 0 Å². The van der Waals surface area contributed by atoms with Gasteiger partial charge in [-0.25, -0.2) is 13.1 Å². The van der Waals surface area contributed by atoms with E-state index in [1.165, 1.54) is 0 Å². The Balaban J connectivity index is 0.00000121. The molecule has 0 saturated carbocycles. The molecule has 1 aliphatic heterocycles. The first kappa shape index (κ1) is 12.2. The van der Waals surface area contributed by atoms with Crippen LogP contribution in [-0.4, -0.2) is 33.3 Å². The number of halogens is 1. The van der Waals surface area contributed by atoms with Gasteiger partial charge in [-0.1, -0.05) is 6.92 Å². The van der Waals surface area contributed by atoms with Crippen LogP contribution in [0.3, 0.4) is 0 Å². The lowest BCUT2D eigenvalue weighted by atomic mass is 10.2. The third-order valence-electron chi connectivity index (χ3n) is 1.60. The van der Waals surface area contributed by atoms with E-state index >= 15 is 0 Å². The minimum Gasteiger partial charge on any atom is -0.313 e. The van der Waals surface area contributed by atoms with Crippen molar-refractivity contribution in [3.8, 4) is 0 Å². The molecule has 4 nitrogen and oxygen atoms in total. The fraction of sp³-hybridized carbons (Fsp3) is 1.00. The highest BCUT2D eigenvalue weighted by atomic mass is 35.5. The summed E-state index contributed by atoms with van der Waals surface area (Å²) in [5.74, 6) is 0.240. The summed E-state index contributed by atoms with van der Waals surface area (Å²) in [6.45, 7) is 3.39. The quantitative estimate of drug-likeness (QED) is 0.676. The normalized spacial score (nSPS) is 18.1. The fourth-order valence-corrected chi connectivity index (χ4v) is 2.28. The molecule has 1 heterocycles. The van der Waals surface area contributed by atoms with Gasteiger partial charge in [0.1, 0.15) is 0 Å². The summed E-state index contributed by atoms with van der Waals surface area (Å²) in [7, 11) is -2.98. The van der Waals surface area contributed by atoms with Gasteiger partial charge in [-0.3, -0.25) is 0 Å². The Labute approximate surface area is 79.6 Å². The van der Waals surface area contributed by atoms with Gasteiger partial charge in [-0.15, -0.1) is 12.4 Å². The van der Waals surface area contributed by atoms with E-state index in [0.717, 1.165) is 13.1 Å². The molecule has 0 aromatic carbocycles. The van der Waals surface area contributed by atoms with Crippen LogP contribution in [0.4, 0.5) is 0 Å². The number of hydrogen-bond acceptors (Lipinski definition) is 3. The first-order valence-corrected chi connectivity index (χ1v) is 5.50. The van der Waals surface area contributed by atoms with Crippen LogP contribution in [0.15, 0.2) is 0 Å². The molecule has 12 heavy (non-hydrogen) atoms. The standard InChI is InChI=1S/C6H14N2O2S.ClH/c1-2-3-11(9,10)8-6-4-7-5-6;/h6-8H,2-5H2,1H3;1H. The molecule has 0 atom stereocenters. The van der Waals surface area contributed by atoms with Crippen molar-refractivity contribution in [3.63, 3.8) is 0 Å². The maximum atomic E-state index is 11.1. The molecule has 2 N–H and O–H groups in total. The zero-order valence-corrected chi connectivity index (χ0v) is 8.67. The zero-order chi connectivity index (χ0) is 8.32. The Hall–Kier alpha value is 0.160. The Bertz CT molecular complexity index is 214.